The summed E-state index contributed by atoms with van der Waals surface area (Å²) in [5.74, 6) is -0.0647. The van der Waals surface area contributed by atoms with Gasteiger partial charge in [-0.25, -0.2) is 0 Å². The molecule has 0 bridgehead atoms. The van der Waals surface area contributed by atoms with E-state index in [9.17, 15) is 4.79 Å². The summed E-state index contributed by atoms with van der Waals surface area (Å²) in [7, 11) is 1.71. The van der Waals surface area contributed by atoms with Gasteiger partial charge in [0.05, 0.1) is 12.1 Å². The second kappa shape index (κ2) is 5.76. The van der Waals surface area contributed by atoms with Gasteiger partial charge in [0, 0.05) is 18.6 Å². The molecule has 1 amide bonds. The molecule has 5 heteroatoms. The number of rotatable bonds is 3. The van der Waals surface area contributed by atoms with Crippen LogP contribution in [0.5, 0.6) is 0 Å². The molecular weight excluding hydrogens is 252 g/mol. The zero-order valence-corrected chi connectivity index (χ0v) is 13.1. The largest absolute Gasteiger partial charge is 0.381 e. The highest BCUT2D eigenvalue weighted by atomic mass is 35.5. The molecule has 0 saturated heterocycles. The van der Waals surface area contributed by atoms with Gasteiger partial charge in [-0.2, -0.15) is 0 Å². The smallest absolute Gasteiger partial charge is 0.237 e. The second-order valence-corrected chi connectivity index (χ2v) is 6.69. The monoisotopic (exact) mass is 278 g/mol. The summed E-state index contributed by atoms with van der Waals surface area (Å²) in [5, 5.41) is 3.03. The van der Waals surface area contributed by atoms with Gasteiger partial charge in [0.2, 0.25) is 5.91 Å². The molecule has 1 saturated carbocycles. The number of amides is 1. The first-order valence-corrected chi connectivity index (χ1v) is 6.19. The lowest BCUT2D eigenvalue weighted by Gasteiger charge is -2.51. The molecule has 3 atom stereocenters. The molecule has 0 heterocycles. The van der Waals surface area contributed by atoms with Crippen molar-refractivity contribution in [2.75, 3.05) is 7.11 Å². The third-order valence-corrected chi connectivity index (χ3v) is 3.99. The van der Waals surface area contributed by atoms with Gasteiger partial charge in [0.15, 0.2) is 0 Å². The van der Waals surface area contributed by atoms with Crippen LogP contribution in [0.25, 0.3) is 0 Å². The molecule has 4 nitrogen and oxygen atoms in total. The molecule has 108 valence electrons. The minimum Gasteiger partial charge on any atom is -0.381 e. The summed E-state index contributed by atoms with van der Waals surface area (Å²) < 4.78 is 5.36. The first-order valence-electron chi connectivity index (χ1n) is 6.19. The summed E-state index contributed by atoms with van der Waals surface area (Å²) in [6, 6.07) is -0.312. The number of nitrogens with two attached hydrogens (primary N) is 1. The lowest BCUT2D eigenvalue weighted by Crippen LogP contribution is -2.64. The first-order chi connectivity index (χ1) is 7.60. The number of halogens is 1. The predicted molar refractivity (Wildman–Crippen MR) is 75.8 cm³/mol. The van der Waals surface area contributed by atoms with Crippen molar-refractivity contribution in [2.45, 2.75) is 59.2 Å². The van der Waals surface area contributed by atoms with Gasteiger partial charge in [-0.05, 0) is 11.8 Å². The van der Waals surface area contributed by atoms with Crippen LogP contribution in [0, 0.1) is 10.8 Å². The Morgan fingerprint density at radius 2 is 1.94 bits per heavy atom. The second-order valence-electron chi connectivity index (χ2n) is 6.69. The Labute approximate surface area is 116 Å². The van der Waals surface area contributed by atoms with Crippen molar-refractivity contribution in [3.63, 3.8) is 0 Å². The van der Waals surface area contributed by atoms with E-state index in [4.69, 9.17) is 10.5 Å². The van der Waals surface area contributed by atoms with Crippen LogP contribution in [0.15, 0.2) is 0 Å². The zero-order valence-electron chi connectivity index (χ0n) is 12.2. The maximum atomic E-state index is 12.0. The molecule has 1 fully saturated rings. The van der Waals surface area contributed by atoms with E-state index in [0.717, 1.165) is 6.42 Å². The number of hydrogen-bond donors (Lipinski definition) is 2. The fraction of sp³-hybridized carbons (Fsp3) is 0.923. The lowest BCUT2D eigenvalue weighted by atomic mass is 9.64. The molecule has 0 aromatic carbocycles. The van der Waals surface area contributed by atoms with Crippen LogP contribution in [0.3, 0.4) is 0 Å². The van der Waals surface area contributed by atoms with Gasteiger partial charge < -0.3 is 15.8 Å². The first kappa shape index (κ1) is 17.7. The SMILES string of the molecule is COC1CC(NC(=O)[C@@H](N)C(C)(C)C)C1(C)C.Cl. The molecule has 0 spiro atoms. The highest BCUT2D eigenvalue weighted by Gasteiger charge is 2.49. The normalized spacial score (nSPS) is 27.7. The van der Waals surface area contributed by atoms with Crippen LogP contribution in [-0.4, -0.2) is 31.2 Å². The fourth-order valence-corrected chi connectivity index (χ4v) is 2.19. The Kier molecular flexibility index (Phi) is 5.66. The van der Waals surface area contributed by atoms with Gasteiger partial charge in [0.1, 0.15) is 0 Å². The van der Waals surface area contributed by atoms with Gasteiger partial charge >= 0.3 is 0 Å². The topological polar surface area (TPSA) is 64.3 Å². The quantitative estimate of drug-likeness (QED) is 0.826. The van der Waals surface area contributed by atoms with E-state index >= 15 is 0 Å². The maximum absolute atomic E-state index is 12.0. The molecule has 0 aromatic heterocycles. The predicted octanol–water partition coefficient (Wildman–Crippen LogP) is 1.71. The molecule has 18 heavy (non-hydrogen) atoms. The summed E-state index contributed by atoms with van der Waals surface area (Å²) in [5.41, 5.74) is 5.71. The lowest BCUT2D eigenvalue weighted by molar-refractivity contribution is -0.135. The molecular formula is C13H27ClN2O2. The highest BCUT2D eigenvalue weighted by Crippen LogP contribution is 2.42. The Morgan fingerprint density at radius 1 is 1.44 bits per heavy atom. The summed E-state index contributed by atoms with van der Waals surface area (Å²) in [6.07, 6.45) is 1.09. The van der Waals surface area contributed by atoms with Crippen LogP contribution in [0.2, 0.25) is 0 Å². The summed E-state index contributed by atoms with van der Waals surface area (Å²) >= 11 is 0. The molecule has 0 radical (unpaired) electrons. The van der Waals surface area contributed by atoms with E-state index in [1.165, 1.54) is 0 Å². The molecule has 1 rings (SSSR count). The molecule has 1 aliphatic rings. The van der Waals surface area contributed by atoms with Crippen LogP contribution < -0.4 is 11.1 Å². The number of nitrogens with one attached hydrogen (secondary N) is 1. The van der Waals surface area contributed by atoms with E-state index in [1.54, 1.807) is 7.11 Å². The van der Waals surface area contributed by atoms with E-state index < -0.39 is 6.04 Å². The molecule has 2 unspecified atom stereocenters. The Bertz CT molecular complexity index is 300. The highest BCUT2D eigenvalue weighted by molar-refractivity contribution is 5.85. The standard InChI is InChI=1S/C13H26N2O2.ClH/c1-12(2,3)10(14)11(16)15-8-7-9(17-6)13(8,4)5;/h8-10H,7,14H2,1-6H3,(H,15,16);1H/t8?,9?,10-;/m1./s1. The van der Waals surface area contributed by atoms with Crippen LogP contribution >= 0.6 is 12.4 Å². The maximum Gasteiger partial charge on any atom is 0.237 e. The third-order valence-electron chi connectivity index (χ3n) is 3.99. The number of ether oxygens (including phenoxy) is 1. The van der Waals surface area contributed by atoms with Crippen molar-refractivity contribution >= 4 is 18.3 Å². The van der Waals surface area contributed by atoms with Crippen molar-refractivity contribution in [3.8, 4) is 0 Å². The van der Waals surface area contributed by atoms with Gasteiger partial charge in [-0.3, -0.25) is 4.79 Å². The number of carbonyl (C=O) groups excluding carboxylic acids is 1. The Balaban J connectivity index is 0.00000289. The third kappa shape index (κ3) is 3.37. The van der Waals surface area contributed by atoms with Crippen molar-refractivity contribution in [2.24, 2.45) is 16.6 Å². The number of hydrogen-bond acceptors (Lipinski definition) is 3. The molecule has 0 aromatic rings. The van der Waals surface area contributed by atoms with E-state index in [0.29, 0.717) is 0 Å². The minimum atomic E-state index is -0.472. The van der Waals surface area contributed by atoms with Crippen molar-refractivity contribution < 1.29 is 9.53 Å². The van der Waals surface area contributed by atoms with Gasteiger partial charge in [-0.15, -0.1) is 12.4 Å². The number of methoxy groups -OCH3 is 1. The molecule has 3 N–H and O–H groups in total. The van der Waals surface area contributed by atoms with Crippen LogP contribution in [0.1, 0.15) is 41.0 Å². The van der Waals surface area contributed by atoms with E-state index in [2.05, 4.69) is 19.2 Å². The van der Waals surface area contributed by atoms with Crippen LogP contribution in [0.4, 0.5) is 0 Å². The van der Waals surface area contributed by atoms with Crippen molar-refractivity contribution in [1.82, 2.24) is 5.32 Å². The zero-order chi connectivity index (χ0) is 13.4. The van der Waals surface area contributed by atoms with Gasteiger partial charge in [-0.1, -0.05) is 34.6 Å². The Hall–Kier alpha value is -0.320. The average molecular weight is 279 g/mol. The van der Waals surface area contributed by atoms with Gasteiger partial charge in [0.25, 0.3) is 0 Å². The summed E-state index contributed by atoms with van der Waals surface area (Å²) in [4.78, 5) is 12.0. The number of carbonyl (C=O) groups is 1. The fourth-order valence-electron chi connectivity index (χ4n) is 2.19. The van der Waals surface area contributed by atoms with Crippen molar-refractivity contribution in [3.05, 3.63) is 0 Å². The average Bonchev–Trinajstić information content (AvgIpc) is 2.20. The Morgan fingerprint density at radius 3 is 2.28 bits per heavy atom. The molecule has 1 aliphatic carbocycles. The summed E-state index contributed by atoms with van der Waals surface area (Å²) in [6.45, 7) is 10.1. The van der Waals surface area contributed by atoms with Crippen LogP contribution in [-0.2, 0) is 9.53 Å². The van der Waals surface area contributed by atoms with E-state index in [-0.39, 0.29) is 41.3 Å². The van der Waals surface area contributed by atoms with Crippen molar-refractivity contribution in [1.29, 1.82) is 0 Å². The molecule has 0 aliphatic heterocycles. The van der Waals surface area contributed by atoms with E-state index in [1.807, 2.05) is 20.8 Å². The minimum absolute atomic E-state index is 0.